The number of aliphatic hydroxyl groups is 4. The summed E-state index contributed by atoms with van der Waals surface area (Å²) in [4.78, 5) is 0. The van der Waals surface area contributed by atoms with Crippen molar-refractivity contribution in [1.82, 2.24) is 10.6 Å². The summed E-state index contributed by atoms with van der Waals surface area (Å²) in [7, 11) is 0. The molecule has 0 saturated carbocycles. The summed E-state index contributed by atoms with van der Waals surface area (Å²) in [5, 5.41) is 39.4. The van der Waals surface area contributed by atoms with Crippen LogP contribution >= 0.6 is 0 Å². The maximum Gasteiger partial charge on any atom is 0.905 e. The fraction of sp³-hybridized carbons (Fsp3) is 1.00. The van der Waals surface area contributed by atoms with Crippen LogP contribution in [0.15, 0.2) is 0 Å². The van der Waals surface area contributed by atoms with Crippen LogP contribution in [0, 0.1) is 0 Å². The van der Waals surface area contributed by atoms with Crippen LogP contribution in [0.3, 0.4) is 0 Å². The summed E-state index contributed by atoms with van der Waals surface area (Å²) in [6.07, 6.45) is 5.01. The van der Waals surface area contributed by atoms with Gasteiger partial charge in [-0.2, -0.15) is 0 Å². The Morgan fingerprint density at radius 2 is 0.967 bits per heavy atom. The van der Waals surface area contributed by atoms with E-state index >= 15 is 0 Å². The Kier molecular flexibility index (Phi) is 51.2. The molecule has 0 saturated heterocycles. The van der Waals surface area contributed by atoms with Crippen LogP contribution in [-0.2, 0) is 33.1 Å². The molecule has 0 aliphatic rings. The summed E-state index contributed by atoms with van der Waals surface area (Å²) < 4.78 is 16.7. The first-order valence-electron chi connectivity index (χ1n) is 10.9. The number of nitrogens with one attached hydrogen (secondary N) is 2. The number of rotatable bonds is 19. The van der Waals surface area contributed by atoms with Crippen molar-refractivity contribution in [3.05, 3.63) is 0 Å². The standard InChI is InChI=1S/2C4H10NO2.2C4H10O.C3H7O.Al.Ti/c2*6-3-1-5-2-4-7;2*1-2-3-4-5;1-2-3-4;;/h2*5-6H,1-4H2;2*5H,2-4H2,1H3;2-3H2,1H3;;/q2*-1;;;-1;+3;. The van der Waals surface area contributed by atoms with Gasteiger partial charge in [-0.1, -0.05) is 33.6 Å². The second-order valence-corrected chi connectivity index (χ2v) is 7.58. The fourth-order valence-electron chi connectivity index (χ4n) is 1.54. The molecular weight excluding hydrogens is 443 g/mol. The quantitative estimate of drug-likeness (QED) is 0.111. The first kappa shape index (κ1) is 38.2. The summed E-state index contributed by atoms with van der Waals surface area (Å²) >= 11 is -2.06. The van der Waals surface area contributed by atoms with E-state index in [4.69, 9.17) is 31.8 Å². The minimum atomic E-state index is -2.06. The minimum Gasteiger partial charge on any atom is -0.454 e. The predicted octanol–water partition coefficient (Wildman–Crippen LogP) is 0.150. The smallest absolute Gasteiger partial charge is 0.454 e. The van der Waals surface area contributed by atoms with Gasteiger partial charge in [0.1, 0.15) is 0 Å². The zero-order valence-corrected chi connectivity index (χ0v) is 22.1. The topological polar surface area (TPSA) is 133 Å². The van der Waals surface area contributed by atoms with Crippen LogP contribution < -0.4 is 10.6 Å². The van der Waals surface area contributed by atoms with Crippen LogP contribution in [0.4, 0.5) is 0 Å². The molecule has 0 bridgehead atoms. The third kappa shape index (κ3) is 42.9. The molecule has 0 amide bonds. The number of unbranched alkanes of at least 4 members (excludes halogenated alkanes) is 2. The third-order valence-corrected chi connectivity index (χ3v) is 4.65. The Bertz CT molecular complexity index is 241. The normalized spacial score (nSPS) is 9.70. The van der Waals surface area contributed by atoms with Gasteiger partial charge in [-0.15, -0.1) is 0 Å². The first-order valence-corrected chi connectivity index (χ1v) is 12.3. The van der Waals surface area contributed by atoms with Crippen LogP contribution in [0.1, 0.15) is 52.9 Å². The fourth-order valence-corrected chi connectivity index (χ4v) is 2.87. The van der Waals surface area contributed by atoms with Crippen molar-refractivity contribution in [2.45, 2.75) is 52.9 Å². The molecule has 0 aliphatic heterocycles. The molecule has 182 valence electrons. The van der Waals surface area contributed by atoms with Crippen LogP contribution in [0.5, 0.6) is 0 Å². The molecule has 0 atom stereocenters. The molecule has 0 aromatic heterocycles. The summed E-state index contributed by atoms with van der Waals surface area (Å²) in [6.45, 7) is 11.2. The SMILES string of the molecule is CCCCO.CCCCO.CCC[O][Al]([O]CCNCCO)[O]CCNCCO.[Ti]. The minimum absolute atomic E-state index is 0. The zero-order valence-electron chi connectivity index (χ0n) is 19.4. The van der Waals surface area contributed by atoms with Crippen molar-refractivity contribution >= 4 is 15.1 Å². The van der Waals surface area contributed by atoms with E-state index in [0.29, 0.717) is 59.2 Å². The van der Waals surface area contributed by atoms with Gasteiger partial charge in [-0.25, -0.2) is 0 Å². The van der Waals surface area contributed by atoms with Gasteiger partial charge in [0.05, 0.1) is 13.2 Å². The third-order valence-electron chi connectivity index (χ3n) is 3.12. The van der Waals surface area contributed by atoms with Crippen LogP contribution in [-0.4, -0.2) is 108 Å². The molecule has 0 aromatic carbocycles. The molecule has 6 N–H and O–H groups in total. The first-order chi connectivity index (χ1) is 14.2. The summed E-state index contributed by atoms with van der Waals surface area (Å²) in [5.74, 6) is 0. The number of hydrogen-bond acceptors (Lipinski definition) is 9. The molecule has 0 rings (SSSR count). The Labute approximate surface area is 204 Å². The molecule has 0 aliphatic carbocycles. The van der Waals surface area contributed by atoms with Gasteiger partial charge in [0.2, 0.25) is 0 Å². The van der Waals surface area contributed by atoms with E-state index in [9.17, 15) is 0 Å². The van der Waals surface area contributed by atoms with Crippen molar-refractivity contribution in [1.29, 1.82) is 0 Å². The van der Waals surface area contributed by atoms with Crippen molar-refractivity contribution in [2.24, 2.45) is 0 Å². The van der Waals surface area contributed by atoms with Gasteiger partial charge in [-0.3, -0.25) is 0 Å². The van der Waals surface area contributed by atoms with Crippen LogP contribution in [0.25, 0.3) is 0 Å². The van der Waals surface area contributed by atoms with Gasteiger partial charge in [-0.05, 0) is 19.3 Å². The molecule has 0 unspecified atom stereocenters. The molecule has 0 fully saturated rings. The Hall–Kier alpha value is 0.887. The number of hydrogen-bond donors (Lipinski definition) is 6. The van der Waals surface area contributed by atoms with E-state index in [0.717, 1.165) is 32.1 Å². The molecule has 0 heterocycles. The molecule has 30 heavy (non-hydrogen) atoms. The van der Waals surface area contributed by atoms with Crippen molar-refractivity contribution in [3.63, 3.8) is 0 Å². The molecule has 0 radical (unpaired) electrons. The Balaban J connectivity index is -0.000000254. The van der Waals surface area contributed by atoms with Gasteiger partial charge in [0.25, 0.3) is 0 Å². The average Bonchev–Trinajstić information content (AvgIpc) is 2.73. The molecule has 11 heteroatoms. The van der Waals surface area contributed by atoms with E-state index in [1.54, 1.807) is 0 Å². The average molecular weight is 490 g/mol. The van der Waals surface area contributed by atoms with Crippen molar-refractivity contribution < 1.29 is 53.5 Å². The summed E-state index contributed by atoms with van der Waals surface area (Å²) in [5.41, 5.74) is 0. The maximum atomic E-state index is 8.61. The van der Waals surface area contributed by atoms with Gasteiger partial charge in [0, 0.05) is 80.9 Å². The van der Waals surface area contributed by atoms with E-state index in [-0.39, 0.29) is 34.9 Å². The van der Waals surface area contributed by atoms with Crippen molar-refractivity contribution in [2.75, 3.05) is 72.4 Å². The second kappa shape index (κ2) is 40.3. The second-order valence-electron chi connectivity index (χ2n) is 6.00. The van der Waals surface area contributed by atoms with Gasteiger partial charge >= 0.3 is 15.1 Å². The molecular formula is C19H47AlN2O7Ti. The Morgan fingerprint density at radius 1 is 0.567 bits per heavy atom. The maximum absolute atomic E-state index is 8.61. The van der Waals surface area contributed by atoms with Gasteiger partial charge in [0.15, 0.2) is 0 Å². The summed E-state index contributed by atoms with van der Waals surface area (Å²) in [6, 6.07) is 0. The zero-order chi connectivity index (χ0) is 22.4. The molecule has 0 aromatic rings. The van der Waals surface area contributed by atoms with E-state index in [2.05, 4.69) is 24.5 Å². The molecule has 0 spiro atoms. The largest absolute Gasteiger partial charge is 0.905 e. The van der Waals surface area contributed by atoms with Crippen molar-refractivity contribution in [3.8, 4) is 0 Å². The Morgan fingerprint density at radius 3 is 1.23 bits per heavy atom. The monoisotopic (exact) mass is 490 g/mol. The number of aliphatic hydroxyl groups excluding tert-OH is 4. The molecule has 9 nitrogen and oxygen atoms in total. The van der Waals surface area contributed by atoms with Gasteiger partial charge < -0.3 is 42.4 Å². The predicted molar refractivity (Wildman–Crippen MR) is 118 cm³/mol. The van der Waals surface area contributed by atoms with E-state index < -0.39 is 15.1 Å². The van der Waals surface area contributed by atoms with E-state index in [1.807, 2.05) is 6.92 Å². The van der Waals surface area contributed by atoms with E-state index in [1.165, 1.54) is 0 Å². The van der Waals surface area contributed by atoms with Crippen LogP contribution in [0.2, 0.25) is 0 Å².